The van der Waals surface area contributed by atoms with Gasteiger partial charge in [-0.1, -0.05) is 54.4 Å². The van der Waals surface area contributed by atoms with Gasteiger partial charge in [0.25, 0.3) is 21.6 Å². The number of carbonyl (C=O) groups excluding carboxylic acids is 1. The van der Waals surface area contributed by atoms with Gasteiger partial charge in [-0.05, 0) is 128 Å². The summed E-state index contributed by atoms with van der Waals surface area (Å²) in [5, 5.41) is 15.9. The lowest BCUT2D eigenvalue weighted by molar-refractivity contribution is -0.384. The predicted molar refractivity (Wildman–Crippen MR) is 258 cm³/mol. The Morgan fingerprint density at radius 2 is 1.58 bits per heavy atom. The Morgan fingerprint density at radius 3 is 2.32 bits per heavy atom. The summed E-state index contributed by atoms with van der Waals surface area (Å²) in [4.78, 5) is 32.0. The van der Waals surface area contributed by atoms with E-state index in [9.17, 15) is 23.3 Å². The highest BCUT2D eigenvalue weighted by Gasteiger charge is 2.27. The fourth-order valence-corrected chi connectivity index (χ4v) is 9.90. The van der Waals surface area contributed by atoms with Crippen LogP contribution in [0.3, 0.4) is 0 Å². The highest BCUT2D eigenvalue weighted by Crippen LogP contribution is 2.34. The maximum atomic E-state index is 13.9. The van der Waals surface area contributed by atoms with Gasteiger partial charge < -0.3 is 29.3 Å². The van der Waals surface area contributed by atoms with Crippen LogP contribution in [0.5, 0.6) is 17.2 Å². The zero-order chi connectivity index (χ0) is 45.9. The first-order valence-corrected chi connectivity index (χ1v) is 24.7. The third-order valence-electron chi connectivity index (χ3n) is 12.5. The summed E-state index contributed by atoms with van der Waals surface area (Å²) in [5.74, 6) is 0.813. The van der Waals surface area contributed by atoms with Crippen molar-refractivity contribution >= 4 is 44.6 Å². The Balaban J connectivity index is 0.948. The first-order valence-electron chi connectivity index (χ1n) is 22.8. The van der Waals surface area contributed by atoms with Crippen molar-refractivity contribution in [1.82, 2.24) is 14.5 Å². The minimum Gasteiger partial charge on any atom is -0.494 e. The molecule has 3 heterocycles. The lowest BCUT2D eigenvalue weighted by atomic mass is 9.98. The summed E-state index contributed by atoms with van der Waals surface area (Å²) in [6.45, 7) is 9.40. The van der Waals surface area contributed by atoms with E-state index in [1.807, 2.05) is 30.3 Å². The Labute approximate surface area is 392 Å². The number of nitrogens with one attached hydrogen (secondary N) is 2. The highest BCUT2D eigenvalue weighted by molar-refractivity contribution is 7.90. The van der Waals surface area contributed by atoms with Crippen LogP contribution in [0, 0.1) is 16.0 Å². The number of piperidine rings is 1. The summed E-state index contributed by atoms with van der Waals surface area (Å²) in [7, 11) is -4.54. The van der Waals surface area contributed by atoms with Crippen molar-refractivity contribution in [3.63, 3.8) is 0 Å². The second-order valence-electron chi connectivity index (χ2n) is 17.1. The van der Waals surface area contributed by atoms with Gasteiger partial charge in [-0.15, -0.1) is 0 Å². The average molecular weight is 938 g/mol. The molecule has 5 aromatic rings. The molecular weight excluding hydrogens is 880 g/mol. The molecule has 3 aliphatic rings. The molecule has 0 bridgehead atoms. The molecule has 3 aliphatic heterocycles. The SMILES string of the molecule is O=C(NS(=O)(=O)c1ccc(NCC2CCOCC2)c([N+](=O)[O-])c1)c1ccc(N2CCN(Cc3cc(OCCCN4CCCCC4)ccc3-c3ccc(Cl)cc3)CC2)cc1Oc1ccccc1. The maximum absolute atomic E-state index is 13.9. The molecule has 0 atom stereocenters. The number of hydrogen-bond donors (Lipinski definition) is 2. The van der Waals surface area contributed by atoms with Gasteiger partial charge in [-0.2, -0.15) is 0 Å². The molecule has 3 fully saturated rings. The fraction of sp³-hybridized carbons (Fsp3) is 0.380. The number of ether oxygens (including phenoxy) is 3. The molecule has 0 unspecified atom stereocenters. The Hall–Kier alpha value is -5.71. The molecule has 66 heavy (non-hydrogen) atoms. The summed E-state index contributed by atoms with van der Waals surface area (Å²) >= 11 is 6.27. The number of nitro groups is 1. The molecule has 0 saturated carbocycles. The van der Waals surface area contributed by atoms with Gasteiger partial charge in [0.15, 0.2) is 0 Å². The number of rotatable bonds is 18. The van der Waals surface area contributed by atoms with Gasteiger partial charge in [0, 0.05) is 81.9 Å². The van der Waals surface area contributed by atoms with Gasteiger partial charge >= 0.3 is 0 Å². The van der Waals surface area contributed by atoms with Gasteiger partial charge in [0.1, 0.15) is 22.9 Å². The van der Waals surface area contributed by atoms with Crippen molar-refractivity contribution < 1.29 is 32.3 Å². The molecular formula is C50H57ClN6O8S. The van der Waals surface area contributed by atoms with E-state index in [1.54, 1.807) is 42.5 Å². The molecule has 14 nitrogen and oxygen atoms in total. The largest absolute Gasteiger partial charge is 0.494 e. The van der Waals surface area contributed by atoms with Gasteiger partial charge in [-0.25, -0.2) is 13.1 Å². The van der Waals surface area contributed by atoms with Crippen molar-refractivity contribution in [2.75, 3.05) is 82.4 Å². The monoisotopic (exact) mass is 936 g/mol. The maximum Gasteiger partial charge on any atom is 0.293 e. The first kappa shape index (κ1) is 46.8. The van der Waals surface area contributed by atoms with Crippen molar-refractivity contribution in [2.24, 2.45) is 5.92 Å². The second-order valence-corrected chi connectivity index (χ2v) is 19.2. The van der Waals surface area contributed by atoms with Crippen LogP contribution < -0.4 is 24.4 Å². The minimum atomic E-state index is -4.54. The standard InChI is InChI=1S/C50H57ClN6O8S/c51-40-12-10-38(11-13-40)45-18-15-43(64-29-7-24-54-22-5-2-6-23-54)32-39(45)36-55-25-27-56(28-26-55)41-14-17-46(49(33-41)65-42-8-3-1-4-9-42)50(58)53-66(61,62)44-16-19-47(48(34-44)57(59)60)52-35-37-20-30-63-31-21-37/h1,3-4,8-19,32-34,37,52H,2,5-7,20-31,35-36H2,(H,53,58). The molecule has 0 aromatic heterocycles. The number of benzene rings is 5. The molecule has 348 valence electrons. The van der Waals surface area contributed by atoms with E-state index in [0.29, 0.717) is 56.8 Å². The minimum absolute atomic E-state index is 0.0163. The topological polar surface area (TPSA) is 156 Å². The van der Waals surface area contributed by atoms with Gasteiger partial charge in [0.2, 0.25) is 0 Å². The zero-order valence-corrected chi connectivity index (χ0v) is 38.6. The Morgan fingerprint density at radius 1 is 0.818 bits per heavy atom. The number of nitrogens with zero attached hydrogens (tertiary/aromatic N) is 4. The summed E-state index contributed by atoms with van der Waals surface area (Å²) < 4.78 is 47.4. The van der Waals surface area contributed by atoms with Crippen LogP contribution in [-0.2, 0) is 21.3 Å². The van der Waals surface area contributed by atoms with Crippen LogP contribution in [0.25, 0.3) is 11.1 Å². The van der Waals surface area contributed by atoms with Crippen LogP contribution in [0.15, 0.2) is 114 Å². The van der Waals surface area contributed by atoms with Crippen molar-refractivity contribution in [3.05, 3.63) is 135 Å². The number of halogens is 1. The quantitative estimate of drug-likeness (QED) is 0.0489. The highest BCUT2D eigenvalue weighted by atomic mass is 35.5. The van der Waals surface area contributed by atoms with Crippen LogP contribution >= 0.6 is 11.6 Å². The van der Waals surface area contributed by atoms with Crippen molar-refractivity contribution in [3.8, 4) is 28.4 Å². The first-order chi connectivity index (χ1) is 32.1. The van der Waals surface area contributed by atoms with Crippen LogP contribution in [-0.4, -0.2) is 101 Å². The Bertz CT molecular complexity index is 2550. The number of amides is 1. The molecule has 0 spiro atoms. The number of likely N-dealkylation sites (tertiary alicyclic amines) is 1. The number of anilines is 2. The number of para-hydroxylation sites is 1. The second kappa shape index (κ2) is 22.2. The summed E-state index contributed by atoms with van der Waals surface area (Å²) in [6, 6.07) is 31.8. The molecule has 1 amide bonds. The fourth-order valence-electron chi connectivity index (χ4n) is 8.78. The Kier molecular flexibility index (Phi) is 15.7. The van der Waals surface area contributed by atoms with Crippen LogP contribution in [0.2, 0.25) is 5.02 Å². The molecule has 8 rings (SSSR count). The smallest absolute Gasteiger partial charge is 0.293 e. The third kappa shape index (κ3) is 12.4. The molecule has 16 heteroatoms. The number of piperazine rings is 1. The van der Waals surface area contributed by atoms with Crippen LogP contribution in [0.1, 0.15) is 54.4 Å². The summed E-state index contributed by atoms with van der Waals surface area (Å²) in [6.07, 6.45) is 6.51. The van der Waals surface area contributed by atoms with Crippen molar-refractivity contribution in [1.29, 1.82) is 0 Å². The van der Waals surface area contributed by atoms with Crippen molar-refractivity contribution in [2.45, 2.75) is 50.0 Å². The van der Waals surface area contributed by atoms with Gasteiger partial charge in [0.05, 0.1) is 22.0 Å². The van der Waals surface area contributed by atoms with E-state index in [1.165, 1.54) is 44.5 Å². The average Bonchev–Trinajstić information content (AvgIpc) is 3.33. The van der Waals surface area contributed by atoms with E-state index in [0.717, 1.165) is 73.1 Å². The van der Waals surface area contributed by atoms with E-state index >= 15 is 0 Å². The van der Waals surface area contributed by atoms with E-state index < -0.39 is 31.4 Å². The van der Waals surface area contributed by atoms with Gasteiger partial charge in [-0.3, -0.25) is 19.8 Å². The third-order valence-corrected chi connectivity index (χ3v) is 14.1. The zero-order valence-electron chi connectivity index (χ0n) is 37.0. The predicted octanol–water partition coefficient (Wildman–Crippen LogP) is 9.24. The lowest BCUT2D eigenvalue weighted by Crippen LogP contribution is -2.46. The lowest BCUT2D eigenvalue weighted by Gasteiger charge is -2.36. The van der Waals surface area contributed by atoms with E-state index in [4.69, 9.17) is 25.8 Å². The normalized spacial score (nSPS) is 16.4. The number of hydrogen-bond acceptors (Lipinski definition) is 12. The number of carbonyl (C=O) groups is 1. The summed E-state index contributed by atoms with van der Waals surface area (Å²) in [5.41, 5.74) is 3.95. The van der Waals surface area contributed by atoms with Crippen LogP contribution in [0.4, 0.5) is 17.1 Å². The number of sulfonamides is 1. The molecule has 2 N–H and O–H groups in total. The number of nitro benzene ring substituents is 1. The van der Waals surface area contributed by atoms with E-state index in [-0.39, 0.29) is 22.9 Å². The van der Waals surface area contributed by atoms with E-state index in [2.05, 4.69) is 42.9 Å². The molecule has 3 saturated heterocycles. The molecule has 5 aromatic carbocycles. The molecule has 0 aliphatic carbocycles. The molecule has 0 radical (unpaired) electrons.